The predicted octanol–water partition coefficient (Wildman–Crippen LogP) is 1.39. The van der Waals surface area contributed by atoms with E-state index in [2.05, 4.69) is 30.6 Å². The molecule has 0 aromatic carbocycles. The molecule has 3 heteroatoms. The normalized spacial score (nSPS) is 27.6. The molecule has 0 aliphatic carbocycles. The molecule has 16 heavy (non-hydrogen) atoms. The molecular weight excluding hydrogens is 198 g/mol. The molecule has 0 radical (unpaired) electrons. The Morgan fingerprint density at radius 3 is 2.50 bits per heavy atom. The third kappa shape index (κ3) is 4.04. The van der Waals surface area contributed by atoms with Crippen LogP contribution < -0.4 is 5.73 Å². The topological polar surface area (TPSA) is 32.5 Å². The maximum Gasteiger partial charge on any atom is 0.0109 e. The number of nitrogens with two attached hydrogens (primary N) is 1. The number of likely N-dealkylation sites (tertiary alicyclic amines) is 1. The molecule has 0 aromatic rings. The number of nitrogens with zero attached hydrogens (tertiary/aromatic N) is 2. The zero-order valence-corrected chi connectivity index (χ0v) is 11.3. The van der Waals surface area contributed by atoms with Crippen molar-refractivity contribution < 1.29 is 0 Å². The van der Waals surface area contributed by atoms with Crippen LogP contribution >= 0.6 is 0 Å². The van der Waals surface area contributed by atoms with Gasteiger partial charge in [0.05, 0.1) is 0 Å². The van der Waals surface area contributed by atoms with Gasteiger partial charge in [-0.15, -0.1) is 0 Å². The zero-order chi connectivity index (χ0) is 12.0. The number of hydrogen-bond acceptors (Lipinski definition) is 3. The lowest BCUT2D eigenvalue weighted by molar-refractivity contribution is 0.134. The van der Waals surface area contributed by atoms with Gasteiger partial charge in [-0.2, -0.15) is 0 Å². The van der Waals surface area contributed by atoms with E-state index in [4.69, 9.17) is 5.73 Å². The first-order chi connectivity index (χ1) is 7.71. The summed E-state index contributed by atoms with van der Waals surface area (Å²) < 4.78 is 0. The van der Waals surface area contributed by atoms with Gasteiger partial charge in [0.1, 0.15) is 0 Å². The molecule has 0 aromatic heterocycles. The Bertz CT molecular complexity index is 180. The summed E-state index contributed by atoms with van der Waals surface area (Å²) >= 11 is 0. The highest BCUT2D eigenvalue weighted by molar-refractivity contribution is 4.82. The minimum atomic E-state index is 0.440. The Balaban J connectivity index is 2.27. The SMILES string of the molecule is CCC1CN(CCN(CC)CC)CCC1N. The fraction of sp³-hybridized carbons (Fsp3) is 1.00. The van der Waals surface area contributed by atoms with E-state index in [0.717, 1.165) is 0 Å². The molecule has 0 bridgehead atoms. The van der Waals surface area contributed by atoms with Gasteiger partial charge in [-0.05, 0) is 32.0 Å². The highest BCUT2D eigenvalue weighted by atomic mass is 15.2. The van der Waals surface area contributed by atoms with E-state index in [-0.39, 0.29) is 0 Å². The van der Waals surface area contributed by atoms with Crippen LogP contribution in [0, 0.1) is 5.92 Å². The van der Waals surface area contributed by atoms with Crippen LogP contribution in [0.2, 0.25) is 0 Å². The Morgan fingerprint density at radius 1 is 1.25 bits per heavy atom. The van der Waals surface area contributed by atoms with Crippen LogP contribution in [-0.2, 0) is 0 Å². The molecule has 1 fully saturated rings. The summed E-state index contributed by atoms with van der Waals surface area (Å²) in [5, 5.41) is 0. The smallest absolute Gasteiger partial charge is 0.0109 e. The van der Waals surface area contributed by atoms with Crippen molar-refractivity contribution in [2.24, 2.45) is 11.7 Å². The summed E-state index contributed by atoms with van der Waals surface area (Å²) in [7, 11) is 0. The van der Waals surface area contributed by atoms with Crippen LogP contribution in [0.15, 0.2) is 0 Å². The number of rotatable bonds is 6. The number of hydrogen-bond donors (Lipinski definition) is 1. The highest BCUT2D eigenvalue weighted by Gasteiger charge is 2.24. The van der Waals surface area contributed by atoms with Gasteiger partial charge in [0, 0.05) is 25.7 Å². The van der Waals surface area contributed by atoms with E-state index in [1.165, 1.54) is 52.1 Å². The van der Waals surface area contributed by atoms with E-state index >= 15 is 0 Å². The van der Waals surface area contributed by atoms with Crippen molar-refractivity contribution in [3.05, 3.63) is 0 Å². The van der Waals surface area contributed by atoms with Crippen molar-refractivity contribution in [1.82, 2.24) is 9.80 Å². The molecule has 1 heterocycles. The van der Waals surface area contributed by atoms with Crippen molar-refractivity contribution in [2.75, 3.05) is 39.3 Å². The third-order valence-corrected chi connectivity index (χ3v) is 4.03. The fourth-order valence-electron chi connectivity index (χ4n) is 2.58. The number of likely N-dealkylation sites (N-methyl/N-ethyl adjacent to an activating group) is 1. The van der Waals surface area contributed by atoms with E-state index in [1.807, 2.05) is 0 Å². The lowest BCUT2D eigenvalue weighted by Crippen LogP contribution is -2.48. The Kier molecular flexibility index (Phi) is 6.32. The van der Waals surface area contributed by atoms with Crippen molar-refractivity contribution in [3.63, 3.8) is 0 Å². The average Bonchev–Trinajstić information content (AvgIpc) is 2.32. The molecule has 1 aliphatic heterocycles. The molecule has 0 saturated carbocycles. The fourth-order valence-corrected chi connectivity index (χ4v) is 2.58. The first-order valence-electron chi connectivity index (χ1n) is 6.91. The van der Waals surface area contributed by atoms with Crippen molar-refractivity contribution in [1.29, 1.82) is 0 Å². The second kappa shape index (κ2) is 7.25. The molecule has 2 atom stereocenters. The van der Waals surface area contributed by atoms with E-state index in [9.17, 15) is 0 Å². The largest absolute Gasteiger partial charge is 0.327 e. The average molecular weight is 227 g/mol. The van der Waals surface area contributed by atoms with Gasteiger partial charge in [-0.25, -0.2) is 0 Å². The van der Waals surface area contributed by atoms with Gasteiger partial charge < -0.3 is 15.5 Å². The summed E-state index contributed by atoms with van der Waals surface area (Å²) in [4.78, 5) is 5.09. The summed E-state index contributed by atoms with van der Waals surface area (Å²) in [5.74, 6) is 0.713. The quantitative estimate of drug-likeness (QED) is 0.744. The molecule has 0 amide bonds. The van der Waals surface area contributed by atoms with Crippen LogP contribution in [0.1, 0.15) is 33.6 Å². The molecule has 2 unspecified atom stereocenters. The van der Waals surface area contributed by atoms with Gasteiger partial charge in [0.2, 0.25) is 0 Å². The summed E-state index contributed by atoms with van der Waals surface area (Å²) in [6.45, 7) is 13.9. The second-order valence-corrected chi connectivity index (χ2v) is 4.95. The van der Waals surface area contributed by atoms with Gasteiger partial charge in [-0.3, -0.25) is 0 Å². The zero-order valence-electron chi connectivity index (χ0n) is 11.3. The maximum atomic E-state index is 6.12. The first-order valence-corrected chi connectivity index (χ1v) is 6.91. The van der Waals surface area contributed by atoms with Gasteiger partial charge in [0.25, 0.3) is 0 Å². The van der Waals surface area contributed by atoms with E-state index in [1.54, 1.807) is 0 Å². The minimum absolute atomic E-state index is 0.440. The van der Waals surface area contributed by atoms with E-state index < -0.39 is 0 Å². The molecular formula is C13H29N3. The monoisotopic (exact) mass is 227 g/mol. The van der Waals surface area contributed by atoms with Gasteiger partial charge in [-0.1, -0.05) is 27.2 Å². The summed E-state index contributed by atoms with van der Waals surface area (Å²) in [6, 6.07) is 0.440. The van der Waals surface area contributed by atoms with Crippen LogP contribution in [0.4, 0.5) is 0 Å². The molecule has 3 nitrogen and oxygen atoms in total. The molecule has 96 valence electrons. The lowest BCUT2D eigenvalue weighted by atomic mass is 9.91. The molecule has 2 N–H and O–H groups in total. The molecule has 1 rings (SSSR count). The molecule has 0 spiro atoms. The lowest BCUT2D eigenvalue weighted by Gasteiger charge is -2.37. The summed E-state index contributed by atoms with van der Waals surface area (Å²) in [5.41, 5.74) is 6.12. The predicted molar refractivity (Wildman–Crippen MR) is 70.6 cm³/mol. The van der Waals surface area contributed by atoms with E-state index in [0.29, 0.717) is 12.0 Å². The standard InChI is InChI=1S/C13H29N3/c1-4-12-11-16(8-7-13(12)14)10-9-15(5-2)6-3/h12-13H,4-11,14H2,1-3H3. The van der Waals surface area contributed by atoms with Crippen LogP contribution in [0.25, 0.3) is 0 Å². The third-order valence-electron chi connectivity index (χ3n) is 4.03. The summed E-state index contributed by atoms with van der Waals surface area (Å²) in [6.07, 6.45) is 2.40. The van der Waals surface area contributed by atoms with Crippen molar-refractivity contribution >= 4 is 0 Å². The van der Waals surface area contributed by atoms with Gasteiger partial charge in [0.15, 0.2) is 0 Å². The molecule has 1 aliphatic rings. The highest BCUT2D eigenvalue weighted by Crippen LogP contribution is 2.18. The minimum Gasteiger partial charge on any atom is -0.327 e. The van der Waals surface area contributed by atoms with Crippen molar-refractivity contribution in [2.45, 2.75) is 39.7 Å². The Hall–Kier alpha value is -0.120. The van der Waals surface area contributed by atoms with Gasteiger partial charge >= 0.3 is 0 Å². The van der Waals surface area contributed by atoms with Crippen LogP contribution in [0.3, 0.4) is 0 Å². The molecule has 1 saturated heterocycles. The number of piperidine rings is 1. The van der Waals surface area contributed by atoms with Crippen molar-refractivity contribution in [3.8, 4) is 0 Å². The Labute approximate surface area is 101 Å². The Morgan fingerprint density at radius 2 is 1.94 bits per heavy atom. The van der Waals surface area contributed by atoms with Crippen LogP contribution in [-0.4, -0.2) is 55.1 Å². The van der Waals surface area contributed by atoms with Crippen LogP contribution in [0.5, 0.6) is 0 Å². The second-order valence-electron chi connectivity index (χ2n) is 4.95. The first kappa shape index (κ1) is 13.9. The maximum absolute atomic E-state index is 6.12.